The van der Waals surface area contributed by atoms with Crippen LogP contribution in [0.1, 0.15) is 90.2 Å². The monoisotopic (exact) mass is 1040 g/mol. The number of nitrogens with zero attached hydrogens (tertiary/aromatic N) is 2. The molecule has 16 N–H and O–H groups in total. The number of hydrogen-bond acceptors (Lipinski definition) is 13. The number of aliphatic imine (C=N–C) groups is 1. The molecule has 0 aromatic heterocycles. The van der Waals surface area contributed by atoms with Gasteiger partial charge in [-0.05, 0) is 67.2 Å². The van der Waals surface area contributed by atoms with Crippen LogP contribution < -0.4 is 49.1 Å². The maximum atomic E-state index is 14.5. The highest BCUT2D eigenvalue weighted by Gasteiger charge is 2.41. The maximum absolute atomic E-state index is 14.5. The van der Waals surface area contributed by atoms with Crippen LogP contribution >= 0.6 is 0 Å². The van der Waals surface area contributed by atoms with E-state index in [4.69, 9.17) is 22.3 Å². The SMILES string of the molecule is CC[C@H](C)[C@H](NC(=O)[C@H](Cc1ccc(O)cc1)NC(=O)[C@@H](NC(=O)[C@H](CCCN=C(N)N)NC(=O)[C@@H](N)CC(=O)O)C(C)C)C(=O)N[C@@H](CCC(=O)O)C(=O)N1CCC[C@H]1C(=O)N[C@@H](Cc1ccccc1)C(=O)O. The van der Waals surface area contributed by atoms with Gasteiger partial charge in [-0.2, -0.15) is 0 Å². The van der Waals surface area contributed by atoms with Crippen LogP contribution in [0.15, 0.2) is 59.6 Å². The van der Waals surface area contributed by atoms with Crippen molar-refractivity contribution in [1.29, 1.82) is 0 Å². The summed E-state index contributed by atoms with van der Waals surface area (Å²) >= 11 is 0. The fourth-order valence-electron chi connectivity index (χ4n) is 8.02. The average Bonchev–Trinajstić information content (AvgIpc) is 3.84. The van der Waals surface area contributed by atoms with Gasteiger partial charge in [0.2, 0.25) is 41.4 Å². The number of nitrogens with one attached hydrogen (secondary N) is 6. The number of aliphatic carboxylic acids is 3. The zero-order valence-electron chi connectivity index (χ0n) is 42.0. The van der Waals surface area contributed by atoms with Crippen molar-refractivity contribution in [1.82, 2.24) is 36.8 Å². The number of benzene rings is 2. The van der Waals surface area contributed by atoms with E-state index in [1.807, 2.05) is 0 Å². The molecule has 25 nitrogen and oxygen atoms in total. The molecule has 2 aromatic carbocycles. The van der Waals surface area contributed by atoms with Crippen LogP contribution in [-0.2, 0) is 60.8 Å². The standard InChI is InChI=1S/C49H71N11O14/c1-5-27(4)40(46(71)55-33(19-20-37(62)63)47(72)60-22-10-14-36(60)44(69)57-35(48(73)74)24-28-11-7-6-8-12-28)59-43(68)34(23-29-15-17-30(61)18-16-29)56-45(70)39(26(2)3)58-42(67)32(13-9-21-53-49(51)52)54-41(66)31(50)25-38(64)65/h6-8,11-12,15-18,26-27,31-36,39-40,61H,5,9-10,13-14,19-25,50H2,1-4H3,(H,54,66)(H,55,71)(H,56,70)(H,57,69)(H,58,67)(H,59,68)(H,62,63)(H,64,65)(H,73,74)(H4,51,52,53)/t27-,31-,32-,33-,34-,35-,36-,39-,40-/m0/s1. The van der Waals surface area contributed by atoms with Crippen LogP contribution in [0, 0.1) is 11.8 Å². The Kier molecular flexibility index (Phi) is 24.2. The van der Waals surface area contributed by atoms with Crippen LogP contribution in [0.2, 0.25) is 0 Å². The summed E-state index contributed by atoms with van der Waals surface area (Å²) in [6.45, 7) is 6.62. The third kappa shape index (κ3) is 19.6. The number of guanidine groups is 1. The number of hydrogen-bond donors (Lipinski definition) is 13. The predicted molar refractivity (Wildman–Crippen MR) is 267 cm³/mol. The number of amides is 7. The molecule has 25 heteroatoms. The fourth-order valence-corrected chi connectivity index (χ4v) is 8.02. The summed E-state index contributed by atoms with van der Waals surface area (Å²) in [6.07, 6.45) is -1.17. The molecule has 1 heterocycles. The van der Waals surface area contributed by atoms with E-state index in [-0.39, 0.29) is 63.3 Å². The summed E-state index contributed by atoms with van der Waals surface area (Å²) < 4.78 is 0. The third-order valence-corrected chi connectivity index (χ3v) is 12.4. The van der Waals surface area contributed by atoms with E-state index < -0.39 is 139 Å². The summed E-state index contributed by atoms with van der Waals surface area (Å²) in [5.74, 6) is -11.6. The molecule has 0 unspecified atom stereocenters. The number of nitrogens with two attached hydrogens (primary N) is 3. The molecule has 1 fully saturated rings. The van der Waals surface area contributed by atoms with Crippen LogP contribution in [-0.4, -0.2) is 152 Å². The normalized spacial score (nSPS) is 16.4. The topological polar surface area (TPSA) is 417 Å². The largest absolute Gasteiger partial charge is 0.508 e. The molecule has 9 atom stereocenters. The molecule has 2 aromatic rings. The van der Waals surface area contributed by atoms with Gasteiger partial charge in [-0.1, -0.05) is 76.6 Å². The molecule has 0 bridgehead atoms. The lowest BCUT2D eigenvalue weighted by Gasteiger charge is -2.32. The summed E-state index contributed by atoms with van der Waals surface area (Å²) in [4.78, 5) is 138. The van der Waals surface area contributed by atoms with Crippen LogP contribution in [0.5, 0.6) is 5.75 Å². The molecule has 0 spiro atoms. The predicted octanol–water partition coefficient (Wildman–Crippen LogP) is -1.42. The number of carbonyl (C=O) groups is 10. The summed E-state index contributed by atoms with van der Waals surface area (Å²) in [7, 11) is 0. The third-order valence-electron chi connectivity index (χ3n) is 12.4. The van der Waals surface area contributed by atoms with Gasteiger partial charge in [-0.25, -0.2) is 4.79 Å². The van der Waals surface area contributed by atoms with Gasteiger partial charge in [0, 0.05) is 32.4 Å². The Morgan fingerprint density at radius 2 is 1.24 bits per heavy atom. The molecule has 74 heavy (non-hydrogen) atoms. The van der Waals surface area contributed by atoms with Gasteiger partial charge < -0.3 is 74.4 Å². The number of carbonyl (C=O) groups excluding carboxylic acids is 7. The number of likely N-dealkylation sites (tertiary alicyclic amines) is 1. The quantitative estimate of drug-likeness (QED) is 0.0243. The Morgan fingerprint density at radius 1 is 0.676 bits per heavy atom. The molecule has 7 amide bonds. The molecule has 0 radical (unpaired) electrons. The molecule has 406 valence electrons. The first-order chi connectivity index (χ1) is 34.9. The van der Waals surface area contributed by atoms with E-state index in [1.54, 1.807) is 58.0 Å². The van der Waals surface area contributed by atoms with Gasteiger partial charge in [0.15, 0.2) is 5.96 Å². The summed E-state index contributed by atoms with van der Waals surface area (Å²) in [5.41, 5.74) is 17.7. The minimum atomic E-state index is -1.53. The highest BCUT2D eigenvalue weighted by molar-refractivity contribution is 5.98. The van der Waals surface area contributed by atoms with Gasteiger partial charge in [-0.15, -0.1) is 0 Å². The molecule has 0 saturated carbocycles. The average molecular weight is 1040 g/mol. The maximum Gasteiger partial charge on any atom is 0.326 e. The molecular weight excluding hydrogens is 967 g/mol. The highest BCUT2D eigenvalue weighted by Crippen LogP contribution is 2.21. The van der Waals surface area contributed by atoms with E-state index in [9.17, 15) is 63.3 Å². The molecule has 3 rings (SSSR count). The Balaban J connectivity index is 1.91. The Morgan fingerprint density at radius 3 is 1.82 bits per heavy atom. The number of phenolic OH excluding ortho intramolecular Hbond substituents is 1. The van der Waals surface area contributed by atoms with E-state index in [2.05, 4.69) is 36.9 Å². The zero-order chi connectivity index (χ0) is 55.2. The zero-order valence-corrected chi connectivity index (χ0v) is 42.0. The second-order valence-electron chi connectivity index (χ2n) is 18.5. The van der Waals surface area contributed by atoms with Crippen molar-refractivity contribution < 1.29 is 68.4 Å². The Bertz CT molecular complexity index is 2310. The Labute approximate surface area is 428 Å². The van der Waals surface area contributed by atoms with Crippen molar-refractivity contribution in [2.45, 2.75) is 140 Å². The lowest BCUT2D eigenvalue weighted by atomic mass is 9.96. The van der Waals surface area contributed by atoms with E-state index in [0.717, 1.165) is 0 Å². The summed E-state index contributed by atoms with van der Waals surface area (Å²) in [5, 5.41) is 54.1. The Hall–Kier alpha value is -7.83. The van der Waals surface area contributed by atoms with Crippen molar-refractivity contribution in [3.63, 3.8) is 0 Å². The van der Waals surface area contributed by atoms with Crippen LogP contribution in [0.25, 0.3) is 0 Å². The molecule has 1 saturated heterocycles. The van der Waals surface area contributed by atoms with Crippen LogP contribution in [0.4, 0.5) is 0 Å². The van der Waals surface area contributed by atoms with E-state index in [0.29, 0.717) is 17.5 Å². The van der Waals surface area contributed by atoms with E-state index in [1.165, 1.54) is 29.2 Å². The van der Waals surface area contributed by atoms with Crippen molar-refractivity contribution in [2.75, 3.05) is 13.1 Å². The molecular formula is C49H71N11O14. The fraction of sp³-hybridized carbons (Fsp3) is 0.531. The number of carboxylic acids is 3. The first-order valence-electron chi connectivity index (χ1n) is 24.3. The number of carboxylic acid groups (broad SMARTS) is 3. The number of rotatable bonds is 30. The van der Waals surface area contributed by atoms with Gasteiger partial charge >= 0.3 is 17.9 Å². The van der Waals surface area contributed by atoms with Crippen LogP contribution in [0.3, 0.4) is 0 Å². The van der Waals surface area contributed by atoms with E-state index >= 15 is 0 Å². The number of aromatic hydroxyl groups is 1. The van der Waals surface area contributed by atoms with Crippen molar-refractivity contribution in [2.24, 2.45) is 34.0 Å². The molecule has 1 aliphatic heterocycles. The minimum absolute atomic E-state index is 0.0322. The van der Waals surface area contributed by atoms with Gasteiger partial charge in [0.25, 0.3) is 0 Å². The minimum Gasteiger partial charge on any atom is -0.508 e. The first-order valence-corrected chi connectivity index (χ1v) is 24.3. The molecule has 0 aliphatic carbocycles. The van der Waals surface area contributed by atoms with Gasteiger partial charge in [0.1, 0.15) is 48.0 Å². The smallest absolute Gasteiger partial charge is 0.326 e. The number of phenols is 1. The molecule has 1 aliphatic rings. The second-order valence-corrected chi connectivity index (χ2v) is 18.5. The van der Waals surface area contributed by atoms with Gasteiger partial charge in [-0.3, -0.25) is 48.1 Å². The van der Waals surface area contributed by atoms with Crippen molar-refractivity contribution in [3.8, 4) is 5.75 Å². The highest BCUT2D eigenvalue weighted by atomic mass is 16.4. The van der Waals surface area contributed by atoms with Crippen molar-refractivity contribution >= 4 is 65.2 Å². The first kappa shape index (κ1) is 60.5. The second kappa shape index (κ2) is 29.6. The lowest BCUT2D eigenvalue weighted by Crippen LogP contribution is -2.62. The summed E-state index contributed by atoms with van der Waals surface area (Å²) in [6, 6.07) is 3.12. The van der Waals surface area contributed by atoms with Gasteiger partial charge in [0.05, 0.1) is 12.5 Å². The van der Waals surface area contributed by atoms with Crippen molar-refractivity contribution in [3.05, 3.63) is 65.7 Å². The lowest BCUT2D eigenvalue weighted by molar-refractivity contribution is -0.145.